The highest BCUT2D eigenvalue weighted by Crippen LogP contribution is 2.25. The summed E-state index contributed by atoms with van der Waals surface area (Å²) in [5.41, 5.74) is 6.71. The van der Waals surface area contributed by atoms with Gasteiger partial charge < -0.3 is 9.47 Å². The van der Waals surface area contributed by atoms with Crippen molar-refractivity contribution in [2.24, 2.45) is 0 Å². The highest BCUT2D eigenvalue weighted by Gasteiger charge is 2.39. The predicted octanol–water partition coefficient (Wildman–Crippen LogP) is 6.11. The van der Waals surface area contributed by atoms with Crippen LogP contribution in [0.1, 0.15) is 24.2 Å². The fraction of sp³-hybridized carbons (Fsp3) is 0.567. The lowest BCUT2D eigenvalue weighted by Crippen LogP contribution is -2.63. The molecule has 0 spiro atoms. The van der Waals surface area contributed by atoms with Crippen molar-refractivity contribution < 1.29 is 14.3 Å². The van der Waals surface area contributed by atoms with Crippen LogP contribution in [-0.2, 0) is 9.47 Å². The number of hydrogen-bond donors (Lipinski definition) is 0. The van der Waals surface area contributed by atoms with Gasteiger partial charge in [-0.25, -0.2) is 0 Å². The molecule has 0 fully saturated rings. The Morgan fingerprint density at radius 1 is 0.865 bits per heavy atom. The molecular weight excluding hydrogens is 521 g/mol. The van der Waals surface area contributed by atoms with Crippen molar-refractivity contribution in [1.82, 2.24) is 0 Å². The number of carbonyl (C=O) groups excluding carboxylic acids is 1. The van der Waals surface area contributed by atoms with Gasteiger partial charge in [-0.3, -0.25) is 4.79 Å². The van der Waals surface area contributed by atoms with Crippen molar-refractivity contribution in [2.75, 3.05) is 13.2 Å². The van der Waals surface area contributed by atoms with Gasteiger partial charge in [0.25, 0.3) is 0 Å². The Labute approximate surface area is 232 Å². The third-order valence-electron chi connectivity index (χ3n) is 6.94. The molecule has 0 radical (unpaired) electrons. The molecule has 2 rings (SSSR count). The summed E-state index contributed by atoms with van der Waals surface area (Å²) < 4.78 is 9.95. The summed E-state index contributed by atoms with van der Waals surface area (Å²) in [5, 5.41) is 3.17. The van der Waals surface area contributed by atoms with E-state index in [2.05, 4.69) is 81.5 Å². The minimum Gasteiger partial charge on any atom is -0.342 e. The minimum atomic E-state index is -1.34. The zero-order chi connectivity index (χ0) is 28.9. The molecule has 0 N–H and O–H groups in total. The Kier molecular flexibility index (Phi) is 15.0. The van der Waals surface area contributed by atoms with E-state index in [1.54, 1.807) is 10.4 Å². The van der Waals surface area contributed by atoms with E-state index in [1.165, 1.54) is 24.2 Å². The van der Waals surface area contributed by atoms with Gasteiger partial charge in [-0.05, 0) is 31.9 Å². The predicted molar refractivity (Wildman–Crippen MR) is 174 cm³/mol. The SMILES string of the molecule is C#CC(OCC)OCC.C#C[Si](C)(C)CC[Si](C)(C)C#C.C[Si]1(C)CC[Si](C)(C)c2cc(C=O)ccc21. The molecule has 0 atom stereocenters. The Bertz CT molecular complexity index is 960. The van der Waals surface area contributed by atoms with Gasteiger partial charge in [0.1, 0.15) is 22.4 Å². The van der Waals surface area contributed by atoms with E-state index in [-0.39, 0.29) is 0 Å². The molecule has 0 aromatic heterocycles. The van der Waals surface area contributed by atoms with Crippen LogP contribution >= 0.6 is 0 Å². The van der Waals surface area contributed by atoms with Crippen molar-refractivity contribution in [1.29, 1.82) is 0 Å². The molecule has 0 saturated heterocycles. The van der Waals surface area contributed by atoms with E-state index < -0.39 is 38.6 Å². The zero-order valence-corrected chi connectivity index (χ0v) is 29.1. The first kappa shape index (κ1) is 35.4. The van der Waals surface area contributed by atoms with Gasteiger partial charge in [0.05, 0.1) is 16.1 Å². The van der Waals surface area contributed by atoms with E-state index in [1.807, 2.05) is 19.9 Å². The fourth-order valence-corrected chi connectivity index (χ4v) is 19.5. The van der Waals surface area contributed by atoms with Crippen LogP contribution in [0.4, 0.5) is 0 Å². The van der Waals surface area contributed by atoms with Crippen LogP contribution in [0, 0.1) is 36.3 Å². The molecule has 1 aliphatic heterocycles. The van der Waals surface area contributed by atoms with Crippen LogP contribution in [0.25, 0.3) is 0 Å². The highest BCUT2D eigenvalue weighted by atomic mass is 28.3. The second kappa shape index (κ2) is 15.7. The van der Waals surface area contributed by atoms with Gasteiger partial charge in [0.15, 0.2) is 0 Å². The summed E-state index contributed by atoms with van der Waals surface area (Å²) in [6.07, 6.45) is 16.5. The third-order valence-corrected chi connectivity index (χ3v) is 19.5. The summed E-state index contributed by atoms with van der Waals surface area (Å²) in [5.74, 6) is 2.36. The van der Waals surface area contributed by atoms with Gasteiger partial charge in [0, 0.05) is 18.8 Å². The Balaban J connectivity index is 0.000000553. The molecule has 1 aromatic carbocycles. The van der Waals surface area contributed by atoms with E-state index in [4.69, 9.17) is 28.7 Å². The van der Waals surface area contributed by atoms with Crippen molar-refractivity contribution in [3.8, 4) is 36.3 Å². The molecule has 1 heterocycles. The molecular formula is C30H50O3Si4. The lowest BCUT2D eigenvalue weighted by molar-refractivity contribution is -0.0969. The van der Waals surface area contributed by atoms with Gasteiger partial charge in [-0.1, -0.05) is 93.0 Å². The average molecular weight is 571 g/mol. The van der Waals surface area contributed by atoms with E-state index >= 15 is 0 Å². The summed E-state index contributed by atoms with van der Waals surface area (Å²) in [6, 6.07) is 11.6. The number of aldehydes is 1. The van der Waals surface area contributed by atoms with Gasteiger partial charge in [0.2, 0.25) is 6.29 Å². The summed E-state index contributed by atoms with van der Waals surface area (Å²) >= 11 is 0. The number of carbonyl (C=O) groups is 1. The Hall–Kier alpha value is -1.64. The number of terminal acetylenes is 3. The van der Waals surface area contributed by atoms with E-state index in [0.29, 0.717) is 13.2 Å². The van der Waals surface area contributed by atoms with Crippen LogP contribution in [0.15, 0.2) is 18.2 Å². The van der Waals surface area contributed by atoms with Crippen LogP contribution in [0.2, 0.25) is 76.6 Å². The molecule has 0 amide bonds. The van der Waals surface area contributed by atoms with Crippen molar-refractivity contribution in [2.45, 2.75) is 96.7 Å². The molecule has 7 heteroatoms. The first-order chi connectivity index (χ1) is 17.0. The zero-order valence-electron chi connectivity index (χ0n) is 25.1. The molecule has 0 bridgehead atoms. The number of ether oxygens (including phenoxy) is 2. The lowest BCUT2D eigenvalue weighted by atomic mass is 10.2. The summed E-state index contributed by atoms with van der Waals surface area (Å²) in [4.78, 5) is 10.9. The van der Waals surface area contributed by atoms with Crippen LogP contribution in [-0.4, -0.2) is 58.1 Å². The second-order valence-electron chi connectivity index (χ2n) is 12.2. The smallest absolute Gasteiger partial charge is 0.222 e. The second-order valence-corrected chi connectivity index (χ2v) is 30.9. The van der Waals surface area contributed by atoms with Crippen LogP contribution in [0.3, 0.4) is 0 Å². The van der Waals surface area contributed by atoms with Crippen molar-refractivity contribution in [3.05, 3.63) is 23.8 Å². The highest BCUT2D eigenvalue weighted by molar-refractivity contribution is 7.03. The quantitative estimate of drug-likeness (QED) is 0.164. The summed E-state index contributed by atoms with van der Waals surface area (Å²) in [6.45, 7) is 23.6. The van der Waals surface area contributed by atoms with Gasteiger partial charge in [-0.15, -0.1) is 30.4 Å². The molecule has 0 saturated carbocycles. The minimum absolute atomic E-state index is 0.458. The third kappa shape index (κ3) is 12.6. The maximum atomic E-state index is 10.9. The van der Waals surface area contributed by atoms with Crippen molar-refractivity contribution >= 4 is 49.0 Å². The molecule has 1 aromatic rings. The lowest BCUT2D eigenvalue weighted by Gasteiger charge is -2.39. The fourth-order valence-electron chi connectivity index (χ4n) is 3.90. The summed E-state index contributed by atoms with van der Waals surface area (Å²) in [7, 11) is -5.16. The number of fused-ring (bicyclic) bond motifs is 1. The average Bonchev–Trinajstić information content (AvgIpc) is 2.86. The molecule has 1 aliphatic rings. The molecule has 204 valence electrons. The maximum Gasteiger partial charge on any atom is 0.222 e. The molecule has 3 nitrogen and oxygen atoms in total. The standard InChI is InChI=1S/C13H20OSi2.C10H18Si2.C7H12O2/c1-15(2)7-8-16(3,4)13-9-11(10-14)5-6-12(13)15;1-7-11(3,4)9-10-12(5,6)8-2;1-4-7(8-5-2)9-6-3/h5-6,9-10H,7-8H2,1-4H3;1-2H,9-10H2,3-6H3;1,7H,5-6H2,2-3H3. The van der Waals surface area contributed by atoms with Crippen LogP contribution in [0.5, 0.6) is 0 Å². The number of benzene rings is 1. The van der Waals surface area contributed by atoms with E-state index in [9.17, 15) is 4.79 Å². The topological polar surface area (TPSA) is 35.5 Å². The van der Waals surface area contributed by atoms with Gasteiger partial charge in [-0.2, -0.15) is 0 Å². The molecule has 37 heavy (non-hydrogen) atoms. The van der Waals surface area contributed by atoms with E-state index in [0.717, 1.165) is 11.8 Å². The van der Waals surface area contributed by atoms with Crippen LogP contribution < -0.4 is 10.4 Å². The Morgan fingerprint density at radius 2 is 1.30 bits per heavy atom. The van der Waals surface area contributed by atoms with Crippen molar-refractivity contribution in [3.63, 3.8) is 0 Å². The number of hydrogen-bond acceptors (Lipinski definition) is 3. The molecule has 0 unspecified atom stereocenters. The molecule has 0 aliphatic carbocycles. The monoisotopic (exact) mass is 570 g/mol. The first-order valence-corrected chi connectivity index (χ1v) is 26.1. The first-order valence-electron chi connectivity index (χ1n) is 13.3. The normalized spacial score (nSPS) is 15.4. The largest absolute Gasteiger partial charge is 0.342 e. The maximum absolute atomic E-state index is 10.9. The Morgan fingerprint density at radius 3 is 1.65 bits per heavy atom. The van der Waals surface area contributed by atoms with Gasteiger partial charge >= 0.3 is 0 Å². The number of rotatable bonds is 8.